The molecule has 1 unspecified atom stereocenters. The summed E-state index contributed by atoms with van der Waals surface area (Å²) in [6.07, 6.45) is 4.85. The molecular formula is C15H26N4OS. The summed E-state index contributed by atoms with van der Waals surface area (Å²) < 4.78 is 0. The number of carbonyl (C=O) groups is 1. The van der Waals surface area contributed by atoms with Gasteiger partial charge in [-0.15, -0.1) is 11.3 Å². The van der Waals surface area contributed by atoms with E-state index in [1.165, 1.54) is 30.6 Å². The van der Waals surface area contributed by atoms with Gasteiger partial charge in [0.1, 0.15) is 0 Å². The van der Waals surface area contributed by atoms with Crippen molar-refractivity contribution in [2.24, 2.45) is 0 Å². The van der Waals surface area contributed by atoms with E-state index in [-0.39, 0.29) is 5.91 Å². The van der Waals surface area contributed by atoms with Gasteiger partial charge in [-0.05, 0) is 39.3 Å². The summed E-state index contributed by atoms with van der Waals surface area (Å²) in [5.74, 6) is 0.0357. The molecule has 1 aromatic heterocycles. The van der Waals surface area contributed by atoms with Crippen molar-refractivity contribution in [2.45, 2.75) is 45.6 Å². The maximum Gasteiger partial charge on any atom is 0.240 e. The third-order valence-corrected chi connectivity index (χ3v) is 4.54. The van der Waals surface area contributed by atoms with Gasteiger partial charge in [0, 0.05) is 18.0 Å². The molecule has 0 bridgehead atoms. The Kier molecular flexibility index (Phi) is 6.60. The molecule has 1 aliphatic heterocycles. The minimum Gasteiger partial charge on any atom is -0.313 e. The zero-order valence-corrected chi connectivity index (χ0v) is 13.8. The summed E-state index contributed by atoms with van der Waals surface area (Å²) >= 11 is 1.48. The molecule has 5 nitrogen and oxygen atoms in total. The van der Waals surface area contributed by atoms with Crippen molar-refractivity contribution in [1.82, 2.24) is 15.2 Å². The number of thiazole rings is 1. The molecule has 118 valence electrons. The third-order valence-electron chi connectivity index (χ3n) is 3.66. The first kappa shape index (κ1) is 16.4. The van der Waals surface area contributed by atoms with Crippen molar-refractivity contribution in [1.29, 1.82) is 0 Å². The summed E-state index contributed by atoms with van der Waals surface area (Å²) in [4.78, 5) is 18.7. The zero-order valence-electron chi connectivity index (χ0n) is 13.0. The van der Waals surface area contributed by atoms with Crippen molar-refractivity contribution >= 4 is 22.4 Å². The van der Waals surface area contributed by atoms with Crippen molar-refractivity contribution in [3.63, 3.8) is 0 Å². The van der Waals surface area contributed by atoms with E-state index in [2.05, 4.69) is 27.4 Å². The Hall–Kier alpha value is -0.980. The van der Waals surface area contributed by atoms with Gasteiger partial charge in [0.25, 0.3) is 0 Å². The monoisotopic (exact) mass is 310 g/mol. The summed E-state index contributed by atoms with van der Waals surface area (Å²) in [5.41, 5.74) is 0.951. The summed E-state index contributed by atoms with van der Waals surface area (Å²) in [7, 11) is 0. The number of amides is 1. The average molecular weight is 310 g/mol. The lowest BCUT2D eigenvalue weighted by molar-refractivity contribution is -0.117. The van der Waals surface area contributed by atoms with Crippen LogP contribution in [0.1, 0.15) is 38.3 Å². The molecule has 0 spiro atoms. The largest absolute Gasteiger partial charge is 0.313 e. The van der Waals surface area contributed by atoms with Gasteiger partial charge in [0.15, 0.2) is 5.13 Å². The van der Waals surface area contributed by atoms with Crippen LogP contribution in [0.25, 0.3) is 0 Å². The zero-order chi connectivity index (χ0) is 15.1. The van der Waals surface area contributed by atoms with Crippen molar-refractivity contribution < 1.29 is 4.79 Å². The molecule has 0 radical (unpaired) electrons. The molecular weight excluding hydrogens is 284 g/mol. The van der Waals surface area contributed by atoms with Crippen LogP contribution < -0.4 is 10.6 Å². The molecule has 2 heterocycles. The quantitative estimate of drug-likeness (QED) is 0.811. The van der Waals surface area contributed by atoms with E-state index in [0.29, 0.717) is 17.7 Å². The van der Waals surface area contributed by atoms with Crippen LogP contribution in [0.4, 0.5) is 5.13 Å². The van der Waals surface area contributed by atoms with Crippen LogP contribution in [-0.2, 0) is 4.79 Å². The second-order valence-corrected chi connectivity index (χ2v) is 6.58. The lowest BCUT2D eigenvalue weighted by atomic mass is 10.0. The molecule has 6 heteroatoms. The molecule has 21 heavy (non-hydrogen) atoms. The van der Waals surface area contributed by atoms with Gasteiger partial charge in [0.05, 0.1) is 12.2 Å². The first-order valence-corrected chi connectivity index (χ1v) is 8.73. The standard InChI is InChI=1S/C15H26N4OS/c1-3-8-19(9-13-6-4-5-7-16-13)10-14(20)18-15-17-12(2)11-21-15/h11,13,16H,3-10H2,1-2H3,(H,17,18,20). The van der Waals surface area contributed by atoms with Crippen LogP contribution in [0, 0.1) is 6.92 Å². The molecule has 1 atom stereocenters. The van der Waals surface area contributed by atoms with Crippen molar-refractivity contribution in [2.75, 3.05) is 31.5 Å². The number of hydrogen-bond donors (Lipinski definition) is 2. The third kappa shape index (κ3) is 5.73. The number of rotatable bonds is 7. The molecule has 1 aromatic rings. The number of nitrogens with zero attached hydrogens (tertiary/aromatic N) is 2. The van der Waals surface area contributed by atoms with Crippen LogP contribution in [0.15, 0.2) is 5.38 Å². The van der Waals surface area contributed by atoms with Crippen LogP contribution in [0.5, 0.6) is 0 Å². The Balaban J connectivity index is 1.81. The Morgan fingerprint density at radius 3 is 3.05 bits per heavy atom. The number of hydrogen-bond acceptors (Lipinski definition) is 5. The summed E-state index contributed by atoms with van der Waals surface area (Å²) in [5, 5.41) is 9.09. The Labute approximate surface area is 131 Å². The van der Waals surface area contributed by atoms with Gasteiger partial charge in [-0.2, -0.15) is 0 Å². The molecule has 1 aliphatic rings. The van der Waals surface area contributed by atoms with Gasteiger partial charge in [0.2, 0.25) is 5.91 Å². The molecule has 0 aromatic carbocycles. The average Bonchev–Trinajstić information content (AvgIpc) is 2.85. The molecule has 1 saturated heterocycles. The molecule has 2 rings (SSSR count). The Bertz CT molecular complexity index is 443. The van der Waals surface area contributed by atoms with E-state index in [0.717, 1.165) is 31.7 Å². The summed E-state index contributed by atoms with van der Waals surface area (Å²) in [6.45, 7) is 7.56. The fourth-order valence-electron chi connectivity index (χ4n) is 2.72. The molecule has 0 saturated carbocycles. The molecule has 1 amide bonds. The number of nitrogens with one attached hydrogen (secondary N) is 2. The fraction of sp³-hybridized carbons (Fsp3) is 0.733. The highest BCUT2D eigenvalue weighted by molar-refractivity contribution is 7.13. The van der Waals surface area contributed by atoms with E-state index >= 15 is 0 Å². The van der Waals surface area contributed by atoms with E-state index in [1.54, 1.807) is 0 Å². The maximum atomic E-state index is 12.1. The van der Waals surface area contributed by atoms with Crippen LogP contribution in [-0.4, -0.2) is 48.0 Å². The smallest absolute Gasteiger partial charge is 0.240 e. The number of anilines is 1. The minimum absolute atomic E-state index is 0.0357. The van der Waals surface area contributed by atoms with Crippen molar-refractivity contribution in [3.05, 3.63) is 11.1 Å². The first-order valence-electron chi connectivity index (χ1n) is 7.85. The van der Waals surface area contributed by atoms with E-state index in [4.69, 9.17) is 0 Å². The van der Waals surface area contributed by atoms with Crippen LogP contribution in [0.3, 0.4) is 0 Å². The molecule has 0 aliphatic carbocycles. The highest BCUT2D eigenvalue weighted by Gasteiger charge is 2.18. The van der Waals surface area contributed by atoms with Gasteiger partial charge in [-0.25, -0.2) is 4.98 Å². The van der Waals surface area contributed by atoms with E-state index in [1.807, 2.05) is 12.3 Å². The Morgan fingerprint density at radius 1 is 1.57 bits per heavy atom. The van der Waals surface area contributed by atoms with Crippen LogP contribution >= 0.6 is 11.3 Å². The number of aryl methyl sites for hydroxylation is 1. The number of carbonyl (C=O) groups excluding carboxylic acids is 1. The minimum atomic E-state index is 0.0357. The molecule has 1 fully saturated rings. The highest BCUT2D eigenvalue weighted by atomic mass is 32.1. The summed E-state index contributed by atoms with van der Waals surface area (Å²) in [6, 6.07) is 0.528. The molecule has 2 N–H and O–H groups in total. The second kappa shape index (κ2) is 8.46. The Morgan fingerprint density at radius 2 is 2.43 bits per heavy atom. The number of piperidine rings is 1. The topological polar surface area (TPSA) is 57.3 Å². The van der Waals surface area contributed by atoms with E-state index < -0.39 is 0 Å². The van der Waals surface area contributed by atoms with Crippen LogP contribution in [0.2, 0.25) is 0 Å². The second-order valence-electron chi connectivity index (χ2n) is 5.72. The highest BCUT2D eigenvalue weighted by Crippen LogP contribution is 2.14. The van der Waals surface area contributed by atoms with Gasteiger partial charge in [-0.1, -0.05) is 13.3 Å². The first-order chi connectivity index (χ1) is 10.2. The lowest BCUT2D eigenvalue weighted by Crippen LogP contribution is -2.46. The number of aromatic nitrogens is 1. The van der Waals surface area contributed by atoms with Gasteiger partial charge < -0.3 is 10.6 Å². The lowest BCUT2D eigenvalue weighted by Gasteiger charge is -2.30. The van der Waals surface area contributed by atoms with Gasteiger partial charge in [-0.3, -0.25) is 9.69 Å². The normalized spacial score (nSPS) is 18.9. The van der Waals surface area contributed by atoms with Crippen molar-refractivity contribution in [3.8, 4) is 0 Å². The maximum absolute atomic E-state index is 12.1. The van der Waals surface area contributed by atoms with E-state index in [9.17, 15) is 4.79 Å². The SMILES string of the molecule is CCCN(CC(=O)Nc1nc(C)cs1)CC1CCCCN1. The fourth-order valence-corrected chi connectivity index (χ4v) is 3.42. The predicted molar refractivity (Wildman–Crippen MR) is 87.9 cm³/mol. The van der Waals surface area contributed by atoms with Gasteiger partial charge >= 0.3 is 0 Å². The predicted octanol–water partition coefficient (Wildman–Crippen LogP) is 2.24.